The number of carbonyl (C=O) groups excluding carboxylic acids is 1. The summed E-state index contributed by atoms with van der Waals surface area (Å²) in [6.45, 7) is -2.16. The smallest absolute Gasteiger partial charge is 0.350 e. The van der Waals surface area contributed by atoms with Gasteiger partial charge in [0.1, 0.15) is 24.8 Å². The second-order valence-electron chi connectivity index (χ2n) is 7.72. The molecule has 1 amide bonds. The summed E-state index contributed by atoms with van der Waals surface area (Å²) in [6.07, 6.45) is -8.49. The van der Waals surface area contributed by atoms with Crippen LogP contribution in [0.1, 0.15) is 16.2 Å². The third kappa shape index (κ3) is 5.71. The third-order valence-electron chi connectivity index (χ3n) is 4.86. The van der Waals surface area contributed by atoms with E-state index < -0.39 is 60.4 Å². The second kappa shape index (κ2) is 9.62. The van der Waals surface area contributed by atoms with Crippen LogP contribution in [-0.4, -0.2) is 49.2 Å². The molecular formula is C21H13F9N6O2. The number of anilines is 1. The zero-order valence-corrected chi connectivity index (χ0v) is 18.5. The highest BCUT2D eigenvalue weighted by Crippen LogP contribution is 2.44. The van der Waals surface area contributed by atoms with Crippen molar-refractivity contribution >= 4 is 17.2 Å². The summed E-state index contributed by atoms with van der Waals surface area (Å²) in [4.78, 5) is 16.6. The van der Waals surface area contributed by atoms with Gasteiger partial charge in [-0.15, -0.1) is 0 Å². The van der Waals surface area contributed by atoms with Gasteiger partial charge in [-0.05, 0) is 30.3 Å². The molecule has 3 heterocycles. The Labute approximate surface area is 205 Å². The quantitative estimate of drug-likeness (QED) is 0.320. The molecule has 1 aromatic carbocycles. The number of alkyl halides is 8. The fourth-order valence-corrected chi connectivity index (χ4v) is 3.17. The number of carbonyl (C=O) groups is 1. The lowest BCUT2D eigenvalue weighted by Gasteiger charge is -2.21. The third-order valence-corrected chi connectivity index (χ3v) is 4.86. The number of aromatic nitrogens is 5. The van der Waals surface area contributed by atoms with Gasteiger partial charge in [0.05, 0.1) is 23.8 Å². The van der Waals surface area contributed by atoms with Crippen LogP contribution in [0.2, 0.25) is 0 Å². The minimum Gasteiger partial charge on any atom is -0.350 e. The molecule has 0 bridgehead atoms. The van der Waals surface area contributed by atoms with Gasteiger partial charge in [-0.3, -0.25) is 4.79 Å². The second-order valence-corrected chi connectivity index (χ2v) is 7.72. The maximum atomic E-state index is 14.4. The molecule has 0 unspecified atom stereocenters. The van der Waals surface area contributed by atoms with Crippen LogP contribution < -0.4 is 5.32 Å². The van der Waals surface area contributed by atoms with Crippen LogP contribution in [0.5, 0.6) is 0 Å². The number of ether oxygens (including phenoxy) is 1. The van der Waals surface area contributed by atoms with E-state index in [1.54, 1.807) is 0 Å². The summed E-state index contributed by atoms with van der Waals surface area (Å²) in [6, 6.07) is 5.40. The molecule has 3 aromatic heterocycles. The van der Waals surface area contributed by atoms with E-state index in [0.29, 0.717) is 6.07 Å². The Morgan fingerprint density at radius 1 is 1.00 bits per heavy atom. The fourth-order valence-electron chi connectivity index (χ4n) is 3.17. The van der Waals surface area contributed by atoms with E-state index in [2.05, 4.69) is 25.2 Å². The standard InChI is InChI=1S/C21H13F9N6O2/c22-12-3-1-11(2-4-12)14-5-16(20(26,27)21(28,29)30)36-17(33-14)6-15(34-36)18(37)32-13-7-31-35(8-13)10-38-9-19(23,24)25/h1-8H,9-10H2,(H,32,37). The molecule has 4 rings (SSSR count). The van der Waals surface area contributed by atoms with Crippen molar-refractivity contribution in [3.8, 4) is 11.3 Å². The molecule has 17 heteroatoms. The average molecular weight is 552 g/mol. The van der Waals surface area contributed by atoms with Crippen molar-refractivity contribution in [1.29, 1.82) is 0 Å². The van der Waals surface area contributed by atoms with Crippen LogP contribution in [0.3, 0.4) is 0 Å². The Balaban J connectivity index is 1.65. The Kier molecular flexibility index (Phi) is 6.81. The first kappa shape index (κ1) is 26.9. The molecule has 0 atom stereocenters. The highest BCUT2D eigenvalue weighted by Gasteiger charge is 2.60. The van der Waals surface area contributed by atoms with E-state index in [1.165, 1.54) is 0 Å². The van der Waals surface area contributed by atoms with E-state index in [0.717, 1.165) is 47.4 Å². The van der Waals surface area contributed by atoms with Gasteiger partial charge in [0.15, 0.2) is 11.3 Å². The molecule has 0 spiro atoms. The van der Waals surface area contributed by atoms with Crippen molar-refractivity contribution in [3.05, 3.63) is 66.0 Å². The number of benzene rings is 1. The van der Waals surface area contributed by atoms with Gasteiger partial charge in [0.25, 0.3) is 5.91 Å². The lowest BCUT2D eigenvalue weighted by molar-refractivity contribution is -0.291. The van der Waals surface area contributed by atoms with Crippen molar-refractivity contribution in [2.45, 2.75) is 25.0 Å². The Bertz CT molecular complexity index is 1460. The largest absolute Gasteiger partial charge is 0.459 e. The normalized spacial score (nSPS) is 12.8. The van der Waals surface area contributed by atoms with E-state index >= 15 is 0 Å². The number of hydrogen-bond acceptors (Lipinski definition) is 5. The van der Waals surface area contributed by atoms with Crippen molar-refractivity contribution in [2.24, 2.45) is 0 Å². The molecule has 4 aromatic rings. The van der Waals surface area contributed by atoms with Gasteiger partial charge >= 0.3 is 18.3 Å². The number of amides is 1. The van der Waals surface area contributed by atoms with Crippen molar-refractivity contribution in [3.63, 3.8) is 0 Å². The van der Waals surface area contributed by atoms with Crippen LogP contribution in [0, 0.1) is 5.82 Å². The van der Waals surface area contributed by atoms with Crippen molar-refractivity contribution in [2.75, 3.05) is 11.9 Å². The molecule has 38 heavy (non-hydrogen) atoms. The molecule has 202 valence electrons. The van der Waals surface area contributed by atoms with Gasteiger partial charge in [0.2, 0.25) is 0 Å². The molecule has 0 fully saturated rings. The Morgan fingerprint density at radius 3 is 2.32 bits per heavy atom. The number of halogens is 9. The lowest BCUT2D eigenvalue weighted by Crippen LogP contribution is -2.36. The van der Waals surface area contributed by atoms with Crippen LogP contribution in [0.25, 0.3) is 16.9 Å². The highest BCUT2D eigenvalue weighted by molar-refractivity contribution is 6.03. The predicted molar refractivity (Wildman–Crippen MR) is 111 cm³/mol. The van der Waals surface area contributed by atoms with Crippen LogP contribution >= 0.6 is 0 Å². The monoisotopic (exact) mass is 552 g/mol. The van der Waals surface area contributed by atoms with E-state index in [4.69, 9.17) is 0 Å². The number of fused-ring (bicyclic) bond motifs is 1. The first-order chi connectivity index (χ1) is 17.6. The summed E-state index contributed by atoms with van der Waals surface area (Å²) >= 11 is 0. The summed E-state index contributed by atoms with van der Waals surface area (Å²) in [5.41, 5.74) is -3.24. The van der Waals surface area contributed by atoms with E-state index in [1.807, 2.05) is 0 Å². The Hall–Kier alpha value is -4.15. The summed E-state index contributed by atoms with van der Waals surface area (Å²) in [7, 11) is 0. The first-order valence-electron chi connectivity index (χ1n) is 10.2. The van der Waals surface area contributed by atoms with Crippen LogP contribution in [-0.2, 0) is 17.4 Å². The maximum absolute atomic E-state index is 14.4. The number of rotatable bonds is 7. The highest BCUT2D eigenvalue weighted by atomic mass is 19.4. The number of nitrogens with zero attached hydrogens (tertiary/aromatic N) is 5. The topological polar surface area (TPSA) is 86.3 Å². The van der Waals surface area contributed by atoms with Gasteiger partial charge in [-0.1, -0.05) is 0 Å². The average Bonchev–Trinajstić information content (AvgIpc) is 3.44. The minimum atomic E-state index is -6.03. The van der Waals surface area contributed by atoms with Gasteiger partial charge in [-0.2, -0.15) is 45.3 Å². The summed E-state index contributed by atoms with van der Waals surface area (Å²) in [5, 5.41) is 9.45. The minimum absolute atomic E-state index is 0.0143. The molecule has 0 aliphatic rings. The van der Waals surface area contributed by atoms with E-state index in [-0.39, 0.29) is 21.5 Å². The molecule has 1 N–H and O–H groups in total. The summed E-state index contributed by atoms with van der Waals surface area (Å²) < 4.78 is 124. The summed E-state index contributed by atoms with van der Waals surface area (Å²) in [5.74, 6) is -7.18. The number of hydrogen-bond donors (Lipinski definition) is 1. The maximum Gasteiger partial charge on any atom is 0.459 e. The SMILES string of the molecule is O=C(Nc1cnn(COCC(F)(F)F)c1)c1cc2nc(-c3ccc(F)cc3)cc(C(F)(F)C(F)(F)F)n2n1. The zero-order chi connectivity index (χ0) is 27.9. The fraction of sp³-hybridized carbons (Fsp3) is 0.238. The van der Waals surface area contributed by atoms with E-state index in [9.17, 15) is 44.3 Å². The van der Waals surface area contributed by atoms with Crippen molar-refractivity contribution < 1.29 is 49.0 Å². The predicted octanol–water partition coefficient (Wildman–Crippen LogP) is 5.17. The molecule has 0 saturated carbocycles. The molecule has 8 nitrogen and oxygen atoms in total. The van der Waals surface area contributed by atoms with Crippen molar-refractivity contribution in [1.82, 2.24) is 24.4 Å². The van der Waals surface area contributed by atoms with Crippen LogP contribution in [0.4, 0.5) is 45.2 Å². The lowest BCUT2D eigenvalue weighted by atomic mass is 10.1. The molecule has 0 aliphatic heterocycles. The Morgan fingerprint density at radius 2 is 1.68 bits per heavy atom. The van der Waals surface area contributed by atoms with Gasteiger partial charge in [0, 0.05) is 11.6 Å². The first-order valence-corrected chi connectivity index (χ1v) is 10.2. The van der Waals surface area contributed by atoms with Gasteiger partial charge in [-0.25, -0.2) is 18.6 Å². The molecule has 0 radical (unpaired) electrons. The van der Waals surface area contributed by atoms with Crippen LogP contribution in [0.15, 0.2) is 48.8 Å². The zero-order valence-electron chi connectivity index (χ0n) is 18.5. The number of nitrogens with one attached hydrogen (secondary N) is 1. The molecule has 0 saturated heterocycles. The molecular weight excluding hydrogens is 539 g/mol. The van der Waals surface area contributed by atoms with Gasteiger partial charge < -0.3 is 10.1 Å². The molecule has 0 aliphatic carbocycles.